The number of carbonyl (C=O) groups excluding carboxylic acids is 2. The molecule has 8 nitrogen and oxygen atoms in total. The van der Waals surface area contributed by atoms with Crippen molar-refractivity contribution < 1.29 is 33.4 Å². The maximum Gasteiger partial charge on any atom is 0.335 e. The van der Waals surface area contributed by atoms with Crippen LogP contribution < -0.4 is 19.7 Å². The molecule has 36 heavy (non-hydrogen) atoms. The topological polar surface area (TPSA) is 105 Å². The Morgan fingerprint density at radius 3 is 2.39 bits per heavy atom. The van der Waals surface area contributed by atoms with E-state index in [0.29, 0.717) is 22.7 Å². The summed E-state index contributed by atoms with van der Waals surface area (Å²) in [5, 5.41) is 11.4. The van der Waals surface area contributed by atoms with Crippen molar-refractivity contribution in [3.63, 3.8) is 0 Å². The number of carbonyl (C=O) groups is 3. The number of methoxy groups -OCH3 is 1. The van der Waals surface area contributed by atoms with Crippen molar-refractivity contribution in [3.05, 3.63) is 94.8 Å². The molecule has 182 valence electrons. The fraction of sp³-hybridized carbons (Fsp3) is 0.0769. The molecular formula is C26H19FN2O6S. The summed E-state index contributed by atoms with van der Waals surface area (Å²) in [5.41, 5.74) is 1.58. The van der Waals surface area contributed by atoms with Crippen LogP contribution in [-0.4, -0.2) is 35.1 Å². The quantitative estimate of drug-likeness (QED) is 0.284. The van der Waals surface area contributed by atoms with E-state index >= 15 is 0 Å². The summed E-state index contributed by atoms with van der Waals surface area (Å²) in [5.74, 6) is -2.02. The van der Waals surface area contributed by atoms with E-state index in [1.54, 1.807) is 30.3 Å². The molecule has 3 aromatic rings. The van der Waals surface area contributed by atoms with Crippen LogP contribution in [0.1, 0.15) is 21.5 Å². The number of benzene rings is 3. The zero-order chi connectivity index (χ0) is 25.8. The predicted molar refractivity (Wildman–Crippen MR) is 133 cm³/mol. The number of ether oxygens (including phenoxy) is 2. The molecule has 0 radical (unpaired) electrons. The van der Waals surface area contributed by atoms with Crippen LogP contribution in [0, 0.1) is 5.82 Å². The third-order valence-electron chi connectivity index (χ3n) is 5.28. The van der Waals surface area contributed by atoms with E-state index in [0.717, 1.165) is 10.5 Å². The lowest BCUT2D eigenvalue weighted by Crippen LogP contribution is -2.54. The Kier molecular flexibility index (Phi) is 7.07. The average molecular weight is 507 g/mol. The van der Waals surface area contributed by atoms with Gasteiger partial charge >= 0.3 is 5.97 Å². The fourth-order valence-corrected chi connectivity index (χ4v) is 3.73. The molecule has 0 spiro atoms. The molecule has 4 rings (SSSR count). The lowest BCUT2D eigenvalue weighted by atomic mass is 10.1. The van der Waals surface area contributed by atoms with Gasteiger partial charge < -0.3 is 14.6 Å². The summed E-state index contributed by atoms with van der Waals surface area (Å²) >= 11 is 5.15. The van der Waals surface area contributed by atoms with Crippen LogP contribution in [0.4, 0.5) is 10.1 Å². The Labute approximate surface area is 210 Å². The zero-order valence-electron chi connectivity index (χ0n) is 18.9. The van der Waals surface area contributed by atoms with Gasteiger partial charge in [-0.25, -0.2) is 9.18 Å². The van der Waals surface area contributed by atoms with Gasteiger partial charge in [-0.15, -0.1) is 0 Å². The lowest BCUT2D eigenvalue weighted by molar-refractivity contribution is -0.122. The minimum absolute atomic E-state index is 0.105. The van der Waals surface area contributed by atoms with Gasteiger partial charge in [0.1, 0.15) is 18.0 Å². The number of rotatable bonds is 7. The minimum Gasteiger partial charge on any atom is -0.493 e. The fourth-order valence-electron chi connectivity index (χ4n) is 3.45. The van der Waals surface area contributed by atoms with Gasteiger partial charge in [0, 0.05) is 0 Å². The highest BCUT2D eigenvalue weighted by atomic mass is 32.1. The first-order chi connectivity index (χ1) is 17.3. The van der Waals surface area contributed by atoms with Gasteiger partial charge in [0.25, 0.3) is 11.8 Å². The molecule has 1 aliphatic rings. The van der Waals surface area contributed by atoms with E-state index in [9.17, 15) is 18.8 Å². The maximum atomic E-state index is 13.3. The smallest absolute Gasteiger partial charge is 0.335 e. The van der Waals surface area contributed by atoms with Crippen molar-refractivity contribution in [1.82, 2.24) is 5.32 Å². The SMILES string of the molecule is COc1cc(C=C2C(=O)NC(=S)N(c3ccc(F)cc3)C2=O)ccc1OCc1ccc(C(=O)O)cc1. The third-order valence-corrected chi connectivity index (χ3v) is 5.57. The highest BCUT2D eigenvalue weighted by Crippen LogP contribution is 2.30. The molecule has 1 fully saturated rings. The number of hydrogen-bond donors (Lipinski definition) is 2. The van der Waals surface area contributed by atoms with Gasteiger partial charge in [-0.1, -0.05) is 18.2 Å². The summed E-state index contributed by atoms with van der Waals surface area (Å²) in [7, 11) is 1.45. The van der Waals surface area contributed by atoms with Crippen LogP contribution in [-0.2, 0) is 16.2 Å². The Balaban J connectivity index is 1.55. The Bertz CT molecular complexity index is 1390. The molecular weight excluding hydrogens is 487 g/mol. The first-order valence-corrected chi connectivity index (χ1v) is 11.0. The average Bonchev–Trinajstić information content (AvgIpc) is 2.86. The van der Waals surface area contributed by atoms with Crippen molar-refractivity contribution in [2.24, 2.45) is 0 Å². The summed E-state index contributed by atoms with van der Waals surface area (Å²) in [6.07, 6.45) is 1.40. The predicted octanol–water partition coefficient (Wildman–Crippen LogP) is 3.94. The van der Waals surface area contributed by atoms with E-state index in [2.05, 4.69) is 5.32 Å². The van der Waals surface area contributed by atoms with Gasteiger partial charge in [-0.2, -0.15) is 0 Å². The second kappa shape index (κ2) is 10.4. The number of halogens is 1. The first kappa shape index (κ1) is 24.6. The molecule has 1 aliphatic heterocycles. The molecule has 0 bridgehead atoms. The number of carboxylic acid groups (broad SMARTS) is 1. The number of aromatic carboxylic acids is 1. The summed E-state index contributed by atoms with van der Waals surface area (Å²) in [4.78, 5) is 37.7. The Hall–Kier alpha value is -4.57. The largest absolute Gasteiger partial charge is 0.493 e. The standard InChI is InChI=1S/C26H19FN2O6S/c1-34-22-13-16(4-11-21(22)35-14-15-2-5-17(6-3-15)25(32)33)12-20-23(30)28-26(36)29(24(20)31)19-9-7-18(27)8-10-19/h2-13H,14H2,1H3,(H,32,33)(H,28,30,36). The number of amides is 2. The van der Waals surface area contributed by atoms with Crippen molar-refractivity contribution in [1.29, 1.82) is 0 Å². The molecule has 0 atom stereocenters. The minimum atomic E-state index is -1.01. The first-order valence-electron chi connectivity index (χ1n) is 10.6. The monoisotopic (exact) mass is 506 g/mol. The summed E-state index contributed by atoms with van der Waals surface area (Å²) in [6, 6.07) is 16.3. The van der Waals surface area contributed by atoms with Crippen molar-refractivity contribution >= 4 is 46.9 Å². The van der Waals surface area contributed by atoms with Gasteiger partial charge in [-0.05, 0) is 78.0 Å². The van der Waals surface area contributed by atoms with Crippen LogP contribution in [0.25, 0.3) is 6.08 Å². The van der Waals surface area contributed by atoms with E-state index in [4.69, 9.17) is 26.8 Å². The molecule has 2 N–H and O–H groups in total. The van der Waals surface area contributed by atoms with Crippen LogP contribution in [0.15, 0.2) is 72.3 Å². The van der Waals surface area contributed by atoms with Crippen molar-refractivity contribution in [2.45, 2.75) is 6.61 Å². The molecule has 10 heteroatoms. The number of hydrogen-bond acceptors (Lipinski definition) is 6. The normalized spacial score (nSPS) is 14.6. The van der Waals surface area contributed by atoms with Crippen LogP contribution in [0.5, 0.6) is 11.5 Å². The molecule has 0 aromatic heterocycles. The van der Waals surface area contributed by atoms with E-state index in [-0.39, 0.29) is 22.9 Å². The molecule has 0 aliphatic carbocycles. The van der Waals surface area contributed by atoms with Crippen molar-refractivity contribution in [2.75, 3.05) is 12.0 Å². The second-order valence-corrected chi connectivity index (χ2v) is 8.02. The number of nitrogens with one attached hydrogen (secondary N) is 1. The van der Waals surface area contributed by atoms with Crippen LogP contribution in [0.3, 0.4) is 0 Å². The van der Waals surface area contributed by atoms with Crippen LogP contribution in [0.2, 0.25) is 0 Å². The molecule has 2 amide bonds. The molecule has 1 heterocycles. The van der Waals surface area contributed by atoms with E-state index < -0.39 is 23.6 Å². The molecule has 0 saturated carbocycles. The number of thiocarbonyl (C=S) groups is 1. The summed E-state index contributed by atoms with van der Waals surface area (Å²) in [6.45, 7) is 0.168. The lowest BCUT2D eigenvalue weighted by Gasteiger charge is -2.28. The van der Waals surface area contributed by atoms with Gasteiger partial charge in [0.05, 0.1) is 18.4 Å². The highest BCUT2D eigenvalue weighted by Gasteiger charge is 2.34. The summed E-state index contributed by atoms with van der Waals surface area (Å²) < 4.78 is 24.5. The van der Waals surface area contributed by atoms with Crippen molar-refractivity contribution in [3.8, 4) is 11.5 Å². The number of carboxylic acids is 1. The van der Waals surface area contributed by atoms with Gasteiger partial charge in [-0.3, -0.25) is 19.8 Å². The van der Waals surface area contributed by atoms with E-state index in [1.807, 2.05) is 0 Å². The Morgan fingerprint density at radius 1 is 1.06 bits per heavy atom. The molecule has 3 aromatic carbocycles. The third kappa shape index (κ3) is 5.23. The number of nitrogens with zero attached hydrogens (tertiary/aromatic N) is 1. The van der Waals surface area contributed by atoms with Gasteiger partial charge in [0.15, 0.2) is 16.6 Å². The van der Waals surface area contributed by atoms with Gasteiger partial charge in [0.2, 0.25) is 0 Å². The Morgan fingerprint density at radius 2 is 1.75 bits per heavy atom. The van der Waals surface area contributed by atoms with Crippen LogP contribution >= 0.6 is 12.2 Å². The highest BCUT2D eigenvalue weighted by molar-refractivity contribution is 7.80. The number of anilines is 1. The molecule has 0 unspecified atom stereocenters. The maximum absolute atomic E-state index is 13.3. The van der Waals surface area contributed by atoms with E-state index in [1.165, 1.54) is 49.6 Å². The zero-order valence-corrected chi connectivity index (χ0v) is 19.7. The molecule has 1 saturated heterocycles. The second-order valence-electron chi connectivity index (χ2n) is 7.64.